The van der Waals surface area contributed by atoms with E-state index in [1.165, 1.54) is 49.9 Å². The van der Waals surface area contributed by atoms with Gasteiger partial charge in [0, 0.05) is 12.4 Å². The molecule has 3 rings (SSSR count). The molecule has 2 aromatic carbocycles. The number of halogens is 1. The Morgan fingerprint density at radius 2 is 1.56 bits per heavy atom. The maximum absolute atomic E-state index is 6.40. The second kappa shape index (κ2) is 9.96. The lowest BCUT2D eigenvalue weighted by Gasteiger charge is -2.24. The minimum Gasteiger partial charge on any atom is -0.367 e. The summed E-state index contributed by atoms with van der Waals surface area (Å²) in [5.74, 6) is 0.509. The van der Waals surface area contributed by atoms with Crippen molar-refractivity contribution in [3.8, 4) is 0 Å². The second-order valence-corrected chi connectivity index (χ2v) is 7.02. The molecule has 1 unspecified atom stereocenters. The van der Waals surface area contributed by atoms with Gasteiger partial charge in [0.05, 0.1) is 6.61 Å². The number of hydrogen-bond acceptors (Lipinski definition) is 2. The Kier molecular flexibility index (Phi) is 7.35. The average molecular weight is 358 g/mol. The lowest BCUT2D eigenvalue weighted by atomic mass is 9.97. The molecule has 134 valence electrons. The highest BCUT2D eigenvalue weighted by molar-refractivity contribution is 6.17. The third-order valence-electron chi connectivity index (χ3n) is 4.97. The Labute approximate surface area is 156 Å². The normalized spacial score (nSPS) is 17.2. The van der Waals surface area contributed by atoms with E-state index < -0.39 is 0 Å². The van der Waals surface area contributed by atoms with E-state index >= 15 is 0 Å². The van der Waals surface area contributed by atoms with Crippen LogP contribution in [-0.4, -0.2) is 31.1 Å². The van der Waals surface area contributed by atoms with Crippen molar-refractivity contribution in [2.45, 2.75) is 37.7 Å². The first-order valence-electron chi connectivity index (χ1n) is 9.41. The molecule has 25 heavy (non-hydrogen) atoms. The van der Waals surface area contributed by atoms with E-state index in [1.807, 2.05) is 12.1 Å². The molecule has 1 fully saturated rings. The van der Waals surface area contributed by atoms with Crippen molar-refractivity contribution in [2.24, 2.45) is 0 Å². The zero-order valence-corrected chi connectivity index (χ0v) is 15.6. The molecule has 0 N–H and O–H groups in total. The zero-order valence-electron chi connectivity index (χ0n) is 14.9. The molecule has 1 atom stereocenters. The number of benzene rings is 2. The molecule has 1 heterocycles. The SMILES string of the molecule is ClCc1ccccc1C(OCCN1CCCCCC1)c1ccccc1. The highest BCUT2D eigenvalue weighted by atomic mass is 35.5. The van der Waals surface area contributed by atoms with Crippen molar-refractivity contribution < 1.29 is 4.74 Å². The summed E-state index contributed by atoms with van der Waals surface area (Å²) >= 11 is 6.17. The number of ether oxygens (including phenoxy) is 1. The zero-order chi connectivity index (χ0) is 17.3. The molecule has 1 saturated heterocycles. The van der Waals surface area contributed by atoms with Gasteiger partial charge in [0.1, 0.15) is 6.10 Å². The summed E-state index contributed by atoms with van der Waals surface area (Å²) in [6, 6.07) is 18.8. The number of rotatable bonds is 7. The molecule has 1 aliphatic heterocycles. The first-order chi connectivity index (χ1) is 12.4. The smallest absolute Gasteiger partial charge is 0.108 e. The largest absolute Gasteiger partial charge is 0.367 e. The van der Waals surface area contributed by atoms with Crippen molar-refractivity contribution in [2.75, 3.05) is 26.2 Å². The van der Waals surface area contributed by atoms with Crippen LogP contribution in [0.3, 0.4) is 0 Å². The third kappa shape index (κ3) is 5.31. The fraction of sp³-hybridized carbons (Fsp3) is 0.455. The molecule has 0 aromatic heterocycles. The van der Waals surface area contributed by atoms with Crippen LogP contribution in [0, 0.1) is 0 Å². The quantitative estimate of drug-likeness (QED) is 0.614. The molecule has 3 heteroatoms. The summed E-state index contributed by atoms with van der Waals surface area (Å²) in [5, 5.41) is 0. The van der Waals surface area contributed by atoms with Crippen LogP contribution in [-0.2, 0) is 10.6 Å². The molecular formula is C22H28ClNO. The van der Waals surface area contributed by atoms with Crippen LogP contribution in [0.5, 0.6) is 0 Å². The van der Waals surface area contributed by atoms with Crippen molar-refractivity contribution in [3.05, 3.63) is 71.3 Å². The Hall–Kier alpha value is -1.35. The molecule has 2 nitrogen and oxygen atoms in total. The number of alkyl halides is 1. The highest BCUT2D eigenvalue weighted by Gasteiger charge is 2.18. The van der Waals surface area contributed by atoms with Crippen molar-refractivity contribution >= 4 is 11.6 Å². The second-order valence-electron chi connectivity index (χ2n) is 6.75. The molecular weight excluding hydrogens is 330 g/mol. The van der Waals surface area contributed by atoms with Gasteiger partial charge >= 0.3 is 0 Å². The number of likely N-dealkylation sites (tertiary alicyclic amines) is 1. The molecule has 1 aliphatic rings. The van der Waals surface area contributed by atoms with Crippen LogP contribution < -0.4 is 0 Å². The lowest BCUT2D eigenvalue weighted by Crippen LogP contribution is -2.29. The van der Waals surface area contributed by atoms with Gasteiger partial charge in [0.15, 0.2) is 0 Å². The Morgan fingerprint density at radius 1 is 0.880 bits per heavy atom. The van der Waals surface area contributed by atoms with Crippen LogP contribution in [0.25, 0.3) is 0 Å². The third-order valence-corrected chi connectivity index (χ3v) is 5.26. The van der Waals surface area contributed by atoms with Crippen LogP contribution in [0.15, 0.2) is 54.6 Å². The molecule has 0 aliphatic carbocycles. The molecule has 0 spiro atoms. The van der Waals surface area contributed by atoms with Crippen LogP contribution in [0.4, 0.5) is 0 Å². The predicted octanol–water partition coefficient (Wildman–Crippen LogP) is 5.41. The molecule has 0 saturated carbocycles. The summed E-state index contributed by atoms with van der Waals surface area (Å²) < 4.78 is 6.40. The Bertz CT molecular complexity index is 623. The van der Waals surface area contributed by atoms with Gasteiger partial charge in [-0.2, -0.15) is 0 Å². The van der Waals surface area contributed by atoms with Gasteiger partial charge in [-0.3, -0.25) is 0 Å². The van der Waals surface area contributed by atoms with E-state index in [4.69, 9.17) is 16.3 Å². The minimum atomic E-state index is -0.0527. The van der Waals surface area contributed by atoms with Crippen LogP contribution >= 0.6 is 11.6 Å². The van der Waals surface area contributed by atoms with Gasteiger partial charge in [-0.05, 0) is 42.6 Å². The fourth-order valence-electron chi connectivity index (χ4n) is 3.56. The summed E-state index contributed by atoms with van der Waals surface area (Å²) in [5.41, 5.74) is 3.52. The fourth-order valence-corrected chi connectivity index (χ4v) is 3.81. The van der Waals surface area contributed by atoms with Gasteiger partial charge in [-0.15, -0.1) is 11.6 Å². The summed E-state index contributed by atoms with van der Waals surface area (Å²) in [6.45, 7) is 4.16. The van der Waals surface area contributed by atoms with E-state index in [9.17, 15) is 0 Å². The van der Waals surface area contributed by atoms with E-state index in [0.29, 0.717) is 5.88 Å². The summed E-state index contributed by atoms with van der Waals surface area (Å²) in [4.78, 5) is 2.54. The van der Waals surface area contributed by atoms with Gasteiger partial charge < -0.3 is 9.64 Å². The van der Waals surface area contributed by atoms with Gasteiger partial charge in [-0.1, -0.05) is 67.4 Å². The Morgan fingerprint density at radius 3 is 2.28 bits per heavy atom. The standard InChI is InChI=1S/C22H28ClNO/c23-18-20-12-6-7-13-21(20)22(19-10-4-3-5-11-19)25-17-16-24-14-8-1-2-9-15-24/h3-7,10-13,22H,1-2,8-9,14-18H2. The molecule has 2 aromatic rings. The van der Waals surface area contributed by atoms with Crippen LogP contribution in [0.1, 0.15) is 48.5 Å². The van der Waals surface area contributed by atoms with E-state index in [0.717, 1.165) is 18.7 Å². The molecule has 0 bridgehead atoms. The van der Waals surface area contributed by atoms with Crippen molar-refractivity contribution in [1.82, 2.24) is 4.90 Å². The average Bonchev–Trinajstić information content (AvgIpc) is 2.95. The van der Waals surface area contributed by atoms with Crippen molar-refractivity contribution in [1.29, 1.82) is 0 Å². The van der Waals surface area contributed by atoms with Gasteiger partial charge in [0.25, 0.3) is 0 Å². The van der Waals surface area contributed by atoms with Gasteiger partial charge in [0.2, 0.25) is 0 Å². The van der Waals surface area contributed by atoms with Gasteiger partial charge in [-0.25, -0.2) is 0 Å². The summed E-state index contributed by atoms with van der Waals surface area (Å²) in [7, 11) is 0. The maximum atomic E-state index is 6.40. The first kappa shape index (κ1) is 18.4. The molecule has 0 amide bonds. The lowest BCUT2D eigenvalue weighted by molar-refractivity contribution is 0.0601. The summed E-state index contributed by atoms with van der Waals surface area (Å²) in [6.07, 6.45) is 5.32. The number of hydrogen-bond donors (Lipinski definition) is 0. The predicted molar refractivity (Wildman–Crippen MR) is 105 cm³/mol. The maximum Gasteiger partial charge on any atom is 0.108 e. The van der Waals surface area contributed by atoms with Crippen LogP contribution in [0.2, 0.25) is 0 Å². The minimum absolute atomic E-state index is 0.0527. The highest BCUT2D eigenvalue weighted by Crippen LogP contribution is 2.29. The topological polar surface area (TPSA) is 12.5 Å². The van der Waals surface area contributed by atoms with E-state index in [-0.39, 0.29) is 6.10 Å². The van der Waals surface area contributed by atoms with Crippen molar-refractivity contribution in [3.63, 3.8) is 0 Å². The first-order valence-corrected chi connectivity index (χ1v) is 9.94. The monoisotopic (exact) mass is 357 g/mol. The van der Waals surface area contributed by atoms with E-state index in [2.05, 4.69) is 47.4 Å². The Balaban J connectivity index is 1.71. The number of nitrogens with zero attached hydrogens (tertiary/aromatic N) is 1. The molecule has 0 radical (unpaired) electrons. The van der Waals surface area contributed by atoms with E-state index in [1.54, 1.807) is 0 Å².